The van der Waals surface area contributed by atoms with Gasteiger partial charge in [0.2, 0.25) is 0 Å². The standard InChI is InChI=1S/C18H18N4O3S/c23-17-8-7-14(22(24)25)11-21(17)12-20-9-3-4-13(10-20)18-19-15-5-1-2-6-16(15)26-18/h1-2,5-8,11,13H,3-4,9-10,12H2/t13-/m1/s1. The van der Waals surface area contributed by atoms with Crippen molar-refractivity contribution in [1.82, 2.24) is 14.5 Å². The number of nitrogens with zero attached hydrogens (tertiary/aromatic N) is 4. The Labute approximate surface area is 153 Å². The average molecular weight is 370 g/mol. The molecule has 0 radical (unpaired) electrons. The number of hydrogen-bond acceptors (Lipinski definition) is 6. The molecule has 1 aliphatic rings. The second kappa shape index (κ2) is 6.97. The molecule has 2 aromatic heterocycles. The van der Waals surface area contributed by atoms with Crippen LogP contribution in [0, 0.1) is 10.1 Å². The Morgan fingerprint density at radius 3 is 2.92 bits per heavy atom. The molecule has 1 aliphatic heterocycles. The SMILES string of the molecule is O=c1ccc([N+](=O)[O-])cn1CN1CCC[C@@H](c2nc3ccccc3s2)C1. The molecule has 1 aromatic carbocycles. The molecule has 0 N–H and O–H groups in total. The summed E-state index contributed by atoms with van der Waals surface area (Å²) in [5.74, 6) is 0.329. The molecule has 1 fully saturated rings. The van der Waals surface area contributed by atoms with Gasteiger partial charge in [0.25, 0.3) is 11.2 Å². The Hall–Kier alpha value is -2.58. The number of rotatable bonds is 4. The summed E-state index contributed by atoms with van der Waals surface area (Å²) in [6, 6.07) is 10.6. The smallest absolute Gasteiger partial charge is 0.285 e. The third-order valence-electron chi connectivity index (χ3n) is 4.70. The number of thiazole rings is 1. The first-order chi connectivity index (χ1) is 12.6. The van der Waals surface area contributed by atoms with Crippen LogP contribution in [0.5, 0.6) is 0 Å². The maximum atomic E-state index is 12.0. The zero-order chi connectivity index (χ0) is 18.1. The lowest BCUT2D eigenvalue weighted by Gasteiger charge is -2.31. The minimum Gasteiger partial charge on any atom is -0.295 e. The molecular weight excluding hydrogens is 352 g/mol. The van der Waals surface area contributed by atoms with Crippen LogP contribution in [0.3, 0.4) is 0 Å². The number of pyridine rings is 1. The molecule has 0 saturated carbocycles. The summed E-state index contributed by atoms with van der Waals surface area (Å²) < 4.78 is 2.60. The van der Waals surface area contributed by atoms with Crippen LogP contribution in [0.4, 0.5) is 5.69 Å². The van der Waals surface area contributed by atoms with E-state index < -0.39 is 4.92 Å². The van der Waals surface area contributed by atoms with Crippen LogP contribution >= 0.6 is 11.3 Å². The van der Waals surface area contributed by atoms with E-state index in [2.05, 4.69) is 11.0 Å². The van der Waals surface area contributed by atoms with Crippen LogP contribution in [-0.4, -0.2) is 32.5 Å². The first-order valence-electron chi connectivity index (χ1n) is 8.53. The van der Waals surface area contributed by atoms with Gasteiger partial charge in [0.15, 0.2) is 0 Å². The second-order valence-electron chi connectivity index (χ2n) is 6.53. The van der Waals surface area contributed by atoms with Crippen LogP contribution < -0.4 is 5.56 Å². The highest BCUT2D eigenvalue weighted by molar-refractivity contribution is 7.18. The zero-order valence-corrected chi connectivity index (χ0v) is 14.9. The van der Waals surface area contributed by atoms with E-state index in [1.165, 1.54) is 27.6 Å². The predicted molar refractivity (Wildman–Crippen MR) is 101 cm³/mol. The Bertz CT molecular complexity index is 980. The highest BCUT2D eigenvalue weighted by atomic mass is 32.1. The molecule has 26 heavy (non-hydrogen) atoms. The van der Waals surface area contributed by atoms with Crippen LogP contribution in [0.15, 0.2) is 47.4 Å². The Morgan fingerprint density at radius 1 is 1.27 bits per heavy atom. The van der Waals surface area contributed by atoms with Gasteiger partial charge in [-0.25, -0.2) is 4.98 Å². The summed E-state index contributed by atoms with van der Waals surface area (Å²) in [6.45, 7) is 2.04. The number of fused-ring (bicyclic) bond motifs is 1. The van der Waals surface area contributed by atoms with Crippen LogP contribution in [0.2, 0.25) is 0 Å². The van der Waals surface area contributed by atoms with E-state index in [4.69, 9.17) is 4.98 Å². The van der Waals surface area contributed by atoms with Gasteiger partial charge in [-0.1, -0.05) is 12.1 Å². The van der Waals surface area contributed by atoms with Crippen molar-refractivity contribution in [2.75, 3.05) is 13.1 Å². The monoisotopic (exact) mass is 370 g/mol. The van der Waals surface area contributed by atoms with Crippen molar-refractivity contribution in [2.24, 2.45) is 0 Å². The van der Waals surface area contributed by atoms with Crippen molar-refractivity contribution in [2.45, 2.75) is 25.4 Å². The van der Waals surface area contributed by atoms with Crippen LogP contribution in [-0.2, 0) is 6.67 Å². The lowest BCUT2D eigenvalue weighted by atomic mass is 9.99. The maximum Gasteiger partial charge on any atom is 0.285 e. The summed E-state index contributed by atoms with van der Waals surface area (Å²) in [7, 11) is 0. The first-order valence-corrected chi connectivity index (χ1v) is 9.34. The Balaban J connectivity index is 1.53. The van der Waals surface area contributed by atoms with E-state index >= 15 is 0 Å². The van der Waals surface area contributed by atoms with Gasteiger partial charge in [0.1, 0.15) is 0 Å². The molecule has 0 spiro atoms. The fraction of sp³-hybridized carbons (Fsp3) is 0.333. The van der Waals surface area contributed by atoms with Gasteiger partial charge >= 0.3 is 0 Å². The summed E-state index contributed by atoms with van der Waals surface area (Å²) in [6.07, 6.45) is 3.41. The lowest BCUT2D eigenvalue weighted by Crippen LogP contribution is -2.38. The van der Waals surface area contributed by atoms with Crippen molar-refractivity contribution in [3.63, 3.8) is 0 Å². The van der Waals surface area contributed by atoms with Crippen molar-refractivity contribution >= 4 is 27.2 Å². The van der Waals surface area contributed by atoms with E-state index in [0.717, 1.165) is 36.5 Å². The van der Waals surface area contributed by atoms with Gasteiger partial charge in [0.05, 0.1) is 33.0 Å². The third kappa shape index (κ3) is 3.38. The highest BCUT2D eigenvalue weighted by Gasteiger charge is 2.24. The number of piperidine rings is 1. The Morgan fingerprint density at radius 2 is 2.12 bits per heavy atom. The second-order valence-corrected chi connectivity index (χ2v) is 7.59. The molecule has 1 saturated heterocycles. The first kappa shape index (κ1) is 16.9. The Kier molecular flexibility index (Phi) is 4.52. The molecule has 7 nitrogen and oxygen atoms in total. The third-order valence-corrected chi connectivity index (χ3v) is 5.90. The van der Waals surface area contributed by atoms with Gasteiger partial charge in [-0.05, 0) is 31.5 Å². The topological polar surface area (TPSA) is 81.3 Å². The van der Waals surface area contributed by atoms with Gasteiger partial charge in [-0.2, -0.15) is 0 Å². The summed E-state index contributed by atoms with van der Waals surface area (Å²) in [5.41, 5.74) is 0.738. The van der Waals surface area contributed by atoms with E-state index in [9.17, 15) is 14.9 Å². The predicted octanol–water partition coefficient (Wildman–Crippen LogP) is 3.20. The number of aromatic nitrogens is 2. The van der Waals surface area contributed by atoms with Gasteiger partial charge in [-0.3, -0.25) is 24.4 Å². The minimum absolute atomic E-state index is 0.0654. The summed E-state index contributed by atoms with van der Waals surface area (Å²) in [4.78, 5) is 29.5. The molecule has 1 atom stereocenters. The van der Waals surface area contributed by atoms with E-state index in [1.54, 1.807) is 11.3 Å². The summed E-state index contributed by atoms with van der Waals surface area (Å²) in [5, 5.41) is 12.1. The highest BCUT2D eigenvalue weighted by Crippen LogP contribution is 2.33. The fourth-order valence-electron chi connectivity index (χ4n) is 3.40. The average Bonchev–Trinajstić information content (AvgIpc) is 3.08. The largest absolute Gasteiger partial charge is 0.295 e. The maximum absolute atomic E-state index is 12.0. The molecule has 8 heteroatoms. The number of nitro groups is 1. The van der Waals surface area contributed by atoms with E-state index in [0.29, 0.717) is 12.6 Å². The van der Waals surface area contributed by atoms with Crippen LogP contribution in [0.1, 0.15) is 23.8 Å². The molecule has 3 heterocycles. The molecule has 134 valence electrons. The van der Waals surface area contributed by atoms with Crippen molar-refractivity contribution in [1.29, 1.82) is 0 Å². The van der Waals surface area contributed by atoms with Gasteiger partial charge in [-0.15, -0.1) is 11.3 Å². The molecule has 3 aromatic rings. The molecule has 0 aliphatic carbocycles. The van der Waals surface area contributed by atoms with E-state index in [-0.39, 0.29) is 11.2 Å². The number of para-hydroxylation sites is 1. The zero-order valence-electron chi connectivity index (χ0n) is 14.1. The van der Waals surface area contributed by atoms with Gasteiger partial charge < -0.3 is 0 Å². The minimum atomic E-state index is -0.476. The van der Waals surface area contributed by atoms with E-state index in [1.807, 2.05) is 18.2 Å². The van der Waals surface area contributed by atoms with Crippen molar-refractivity contribution in [3.05, 3.63) is 68.1 Å². The van der Waals surface area contributed by atoms with Gasteiger partial charge in [0, 0.05) is 24.6 Å². The number of likely N-dealkylation sites (tertiary alicyclic amines) is 1. The fourth-order valence-corrected chi connectivity index (χ4v) is 4.50. The molecular formula is C18H18N4O3S. The number of benzene rings is 1. The molecule has 4 rings (SSSR count). The lowest BCUT2D eigenvalue weighted by molar-refractivity contribution is -0.385. The quantitative estimate of drug-likeness (QED) is 0.520. The van der Waals surface area contributed by atoms with Crippen molar-refractivity contribution < 1.29 is 4.92 Å². The number of hydrogen-bond donors (Lipinski definition) is 0. The van der Waals surface area contributed by atoms with Crippen molar-refractivity contribution in [3.8, 4) is 0 Å². The molecule has 0 bridgehead atoms. The normalized spacial score (nSPS) is 18.2. The molecule has 0 unspecified atom stereocenters. The summed E-state index contributed by atoms with van der Waals surface area (Å²) >= 11 is 1.73. The van der Waals surface area contributed by atoms with Crippen LogP contribution in [0.25, 0.3) is 10.2 Å². The molecule has 0 amide bonds.